The zero-order chi connectivity index (χ0) is 22.5. The molecule has 4 rings (SSSR count). The number of anilines is 1. The van der Waals surface area contributed by atoms with Gasteiger partial charge in [-0.1, -0.05) is 67.4 Å². The molecular formula is C27H30N2O2S. The molecule has 4 nitrogen and oxygen atoms in total. The zero-order valence-corrected chi connectivity index (χ0v) is 19.5. The first-order valence-corrected chi connectivity index (χ1v) is 12.2. The van der Waals surface area contributed by atoms with Gasteiger partial charge in [0.05, 0.1) is 12.1 Å². The highest BCUT2D eigenvalue weighted by atomic mass is 32.1. The van der Waals surface area contributed by atoms with Crippen LogP contribution in [0.4, 0.5) is 5.69 Å². The van der Waals surface area contributed by atoms with Gasteiger partial charge < -0.3 is 5.32 Å². The topological polar surface area (TPSA) is 49.4 Å². The number of para-hydroxylation sites is 1. The molecule has 2 aromatic carbocycles. The molecule has 1 unspecified atom stereocenters. The van der Waals surface area contributed by atoms with Crippen LogP contribution in [-0.4, -0.2) is 17.9 Å². The third kappa shape index (κ3) is 4.94. The second-order valence-electron chi connectivity index (χ2n) is 8.56. The van der Waals surface area contributed by atoms with E-state index >= 15 is 0 Å². The molecule has 1 aliphatic rings. The Balaban J connectivity index is 1.79. The quantitative estimate of drug-likeness (QED) is 0.503. The number of nitrogens with zero attached hydrogens (tertiary/aromatic N) is 1. The van der Waals surface area contributed by atoms with Gasteiger partial charge in [0.1, 0.15) is 6.04 Å². The summed E-state index contributed by atoms with van der Waals surface area (Å²) >= 11 is 1.57. The van der Waals surface area contributed by atoms with E-state index in [2.05, 4.69) is 5.32 Å². The second-order valence-corrected chi connectivity index (χ2v) is 9.60. The molecule has 0 spiro atoms. The van der Waals surface area contributed by atoms with Crippen molar-refractivity contribution in [3.8, 4) is 0 Å². The molecule has 1 heterocycles. The lowest BCUT2D eigenvalue weighted by Gasteiger charge is -2.34. The van der Waals surface area contributed by atoms with Gasteiger partial charge in [0.15, 0.2) is 0 Å². The van der Waals surface area contributed by atoms with E-state index in [0.29, 0.717) is 0 Å². The highest BCUT2D eigenvalue weighted by Crippen LogP contribution is 2.34. The van der Waals surface area contributed by atoms with Crippen molar-refractivity contribution in [1.29, 1.82) is 0 Å². The van der Waals surface area contributed by atoms with Gasteiger partial charge in [0, 0.05) is 10.9 Å². The summed E-state index contributed by atoms with van der Waals surface area (Å²) in [6.45, 7) is 4.01. The van der Waals surface area contributed by atoms with Crippen LogP contribution in [0.25, 0.3) is 0 Å². The Hall–Kier alpha value is -2.92. The summed E-state index contributed by atoms with van der Waals surface area (Å²) in [7, 11) is 0. The minimum Gasteiger partial charge on any atom is -0.351 e. The summed E-state index contributed by atoms with van der Waals surface area (Å²) in [5.41, 5.74) is 3.62. The molecule has 1 aromatic heterocycles. The number of hydrogen-bond acceptors (Lipinski definition) is 3. The molecule has 1 saturated carbocycles. The standard InChI is InChI=1S/C27H30N2O2S/c1-19-10-8-11-20(2)25(19)29(24(30)18-23-16-9-17-32-23)26(21-12-4-3-5-13-21)27(31)28-22-14-6-7-15-22/h3-5,8-13,16-17,22,26H,6-7,14-15,18H2,1-2H3,(H,28,31). The van der Waals surface area contributed by atoms with E-state index in [9.17, 15) is 9.59 Å². The smallest absolute Gasteiger partial charge is 0.248 e. The van der Waals surface area contributed by atoms with Crippen molar-refractivity contribution < 1.29 is 9.59 Å². The molecular weight excluding hydrogens is 416 g/mol. The molecule has 32 heavy (non-hydrogen) atoms. The molecule has 0 aliphatic heterocycles. The Morgan fingerprint density at radius 3 is 2.28 bits per heavy atom. The summed E-state index contributed by atoms with van der Waals surface area (Å²) in [4.78, 5) is 30.3. The fourth-order valence-electron chi connectivity index (χ4n) is 4.63. The Morgan fingerprint density at radius 2 is 1.66 bits per heavy atom. The number of nitrogens with one attached hydrogen (secondary N) is 1. The van der Waals surface area contributed by atoms with E-state index in [1.807, 2.05) is 79.9 Å². The largest absolute Gasteiger partial charge is 0.351 e. The number of carbonyl (C=O) groups is 2. The maximum Gasteiger partial charge on any atom is 0.248 e. The molecule has 0 radical (unpaired) electrons. The molecule has 2 amide bonds. The van der Waals surface area contributed by atoms with Gasteiger partial charge in [-0.25, -0.2) is 0 Å². The number of rotatable bonds is 7. The summed E-state index contributed by atoms with van der Waals surface area (Å²) < 4.78 is 0. The molecule has 0 bridgehead atoms. The Morgan fingerprint density at radius 1 is 0.969 bits per heavy atom. The second kappa shape index (κ2) is 10.1. The number of thiophene rings is 1. The Labute approximate surface area is 194 Å². The van der Waals surface area contributed by atoms with Crippen LogP contribution in [0, 0.1) is 13.8 Å². The third-order valence-corrected chi connectivity index (χ3v) is 7.05. The van der Waals surface area contributed by atoms with Gasteiger partial charge in [-0.3, -0.25) is 14.5 Å². The maximum atomic E-state index is 13.8. The first-order valence-electron chi connectivity index (χ1n) is 11.3. The van der Waals surface area contributed by atoms with E-state index < -0.39 is 6.04 Å². The predicted octanol–water partition coefficient (Wildman–Crippen LogP) is 5.74. The van der Waals surface area contributed by atoms with Crippen LogP contribution in [0.2, 0.25) is 0 Å². The van der Waals surface area contributed by atoms with Gasteiger partial charge in [0.2, 0.25) is 11.8 Å². The van der Waals surface area contributed by atoms with Gasteiger partial charge in [-0.2, -0.15) is 0 Å². The highest BCUT2D eigenvalue weighted by molar-refractivity contribution is 7.10. The van der Waals surface area contributed by atoms with E-state index in [1.165, 1.54) is 0 Å². The lowest BCUT2D eigenvalue weighted by atomic mass is 9.99. The summed E-state index contributed by atoms with van der Waals surface area (Å²) in [5, 5.41) is 5.23. The van der Waals surface area contributed by atoms with Crippen LogP contribution in [0.3, 0.4) is 0 Å². The predicted molar refractivity (Wildman–Crippen MR) is 131 cm³/mol. The molecule has 5 heteroatoms. The molecule has 3 aromatic rings. The van der Waals surface area contributed by atoms with Crippen molar-refractivity contribution in [1.82, 2.24) is 5.32 Å². The van der Waals surface area contributed by atoms with Gasteiger partial charge in [-0.05, 0) is 54.8 Å². The first-order chi connectivity index (χ1) is 15.5. The molecule has 1 N–H and O–H groups in total. The molecule has 166 valence electrons. The van der Waals surface area contributed by atoms with Crippen molar-refractivity contribution in [3.05, 3.63) is 87.6 Å². The Kier molecular flexibility index (Phi) is 7.05. The van der Waals surface area contributed by atoms with Crippen LogP contribution in [0.1, 0.15) is 53.3 Å². The van der Waals surface area contributed by atoms with Crippen LogP contribution < -0.4 is 10.2 Å². The van der Waals surface area contributed by atoms with Gasteiger partial charge in [0.25, 0.3) is 0 Å². The maximum absolute atomic E-state index is 13.8. The molecule has 0 saturated heterocycles. The SMILES string of the molecule is Cc1cccc(C)c1N(C(=O)Cc1cccs1)C(C(=O)NC1CCCC1)c1ccccc1. The fraction of sp³-hybridized carbons (Fsp3) is 0.333. The average Bonchev–Trinajstić information content (AvgIpc) is 3.48. The first kappa shape index (κ1) is 22.3. The summed E-state index contributed by atoms with van der Waals surface area (Å²) in [6.07, 6.45) is 4.54. The van der Waals surface area contributed by atoms with Gasteiger partial charge in [-0.15, -0.1) is 11.3 Å². The van der Waals surface area contributed by atoms with Crippen molar-refractivity contribution in [3.63, 3.8) is 0 Å². The number of amides is 2. The van der Waals surface area contributed by atoms with Crippen molar-refractivity contribution in [2.75, 3.05) is 4.90 Å². The molecule has 1 aliphatic carbocycles. The lowest BCUT2D eigenvalue weighted by Crippen LogP contribution is -2.47. The van der Waals surface area contributed by atoms with Crippen molar-refractivity contribution >= 4 is 28.8 Å². The molecule has 1 fully saturated rings. The van der Waals surface area contributed by atoms with E-state index in [1.54, 1.807) is 16.2 Å². The van der Waals surface area contributed by atoms with Gasteiger partial charge >= 0.3 is 0 Å². The summed E-state index contributed by atoms with van der Waals surface area (Å²) in [5.74, 6) is -0.175. The fourth-order valence-corrected chi connectivity index (χ4v) is 5.33. The third-order valence-electron chi connectivity index (χ3n) is 6.18. The number of benzene rings is 2. The van der Waals surface area contributed by atoms with E-state index in [-0.39, 0.29) is 24.3 Å². The summed E-state index contributed by atoms with van der Waals surface area (Å²) in [6, 6.07) is 19.1. The lowest BCUT2D eigenvalue weighted by molar-refractivity contribution is -0.127. The van der Waals surface area contributed by atoms with Crippen LogP contribution in [-0.2, 0) is 16.0 Å². The van der Waals surface area contributed by atoms with Crippen molar-refractivity contribution in [2.45, 2.75) is 58.0 Å². The van der Waals surface area contributed by atoms with Crippen LogP contribution in [0.5, 0.6) is 0 Å². The normalized spacial score (nSPS) is 14.8. The highest BCUT2D eigenvalue weighted by Gasteiger charge is 2.35. The minimum absolute atomic E-state index is 0.0692. The number of aryl methyl sites for hydroxylation is 2. The average molecular weight is 447 g/mol. The van der Waals surface area contributed by atoms with Crippen LogP contribution >= 0.6 is 11.3 Å². The van der Waals surface area contributed by atoms with Crippen LogP contribution in [0.15, 0.2) is 66.0 Å². The van der Waals surface area contributed by atoms with Crippen molar-refractivity contribution in [2.24, 2.45) is 0 Å². The monoisotopic (exact) mass is 446 g/mol. The number of hydrogen-bond donors (Lipinski definition) is 1. The number of carbonyl (C=O) groups excluding carboxylic acids is 2. The van der Waals surface area contributed by atoms with E-state index in [4.69, 9.17) is 0 Å². The zero-order valence-electron chi connectivity index (χ0n) is 18.7. The molecule has 1 atom stereocenters. The minimum atomic E-state index is -0.718. The Bertz CT molecular complexity index is 1040. The van der Waals surface area contributed by atoms with E-state index in [0.717, 1.165) is 52.9 Å².